The van der Waals surface area contributed by atoms with Crippen molar-refractivity contribution < 1.29 is 31.1 Å². The van der Waals surface area contributed by atoms with Crippen molar-refractivity contribution in [2.24, 2.45) is 0 Å². The molecular formula is C22H25FN2O6S2. The third kappa shape index (κ3) is 5.14. The van der Waals surface area contributed by atoms with Crippen LogP contribution in [0.5, 0.6) is 0 Å². The van der Waals surface area contributed by atoms with Crippen LogP contribution in [0.3, 0.4) is 0 Å². The van der Waals surface area contributed by atoms with Crippen molar-refractivity contribution in [3.05, 3.63) is 47.5 Å². The van der Waals surface area contributed by atoms with E-state index in [2.05, 4.69) is 4.72 Å². The van der Waals surface area contributed by atoms with Crippen molar-refractivity contribution >= 4 is 37.2 Å². The first-order valence-electron chi connectivity index (χ1n) is 10.6. The van der Waals surface area contributed by atoms with Gasteiger partial charge in [0.15, 0.2) is 9.84 Å². The number of carboxylic acids is 1. The van der Waals surface area contributed by atoms with Crippen molar-refractivity contribution in [2.45, 2.75) is 47.6 Å². The van der Waals surface area contributed by atoms with Crippen molar-refractivity contribution in [3.63, 3.8) is 0 Å². The zero-order valence-electron chi connectivity index (χ0n) is 18.0. The maximum absolute atomic E-state index is 14.1. The van der Waals surface area contributed by atoms with Gasteiger partial charge in [0.25, 0.3) is 10.0 Å². The molecular weight excluding hydrogens is 471 g/mol. The molecule has 2 N–H and O–H groups in total. The quantitative estimate of drug-likeness (QED) is 0.603. The molecule has 2 aliphatic rings. The Bertz CT molecular complexity index is 1310. The van der Waals surface area contributed by atoms with Crippen molar-refractivity contribution in [3.8, 4) is 0 Å². The zero-order chi connectivity index (χ0) is 24.0. The summed E-state index contributed by atoms with van der Waals surface area (Å²) in [6, 6.07) is 8.08. The average Bonchev–Trinajstić information content (AvgIpc) is 3.57. The number of nitrogens with one attached hydrogen (secondary N) is 1. The van der Waals surface area contributed by atoms with Gasteiger partial charge < -0.3 is 10.0 Å². The molecule has 0 unspecified atom stereocenters. The van der Waals surface area contributed by atoms with E-state index in [4.69, 9.17) is 0 Å². The Kier molecular flexibility index (Phi) is 6.12. The number of alkyl halides is 1. The number of carboxylic acid groups (broad SMARTS) is 1. The van der Waals surface area contributed by atoms with Gasteiger partial charge in [0.2, 0.25) is 0 Å². The van der Waals surface area contributed by atoms with E-state index in [0.717, 1.165) is 25.2 Å². The number of hydrogen-bond acceptors (Lipinski definition) is 6. The number of benzene rings is 2. The molecule has 0 aromatic heterocycles. The summed E-state index contributed by atoms with van der Waals surface area (Å²) >= 11 is 0. The van der Waals surface area contributed by atoms with E-state index in [1.54, 1.807) is 4.90 Å². The van der Waals surface area contributed by atoms with Gasteiger partial charge in [0.1, 0.15) is 6.17 Å². The highest BCUT2D eigenvalue weighted by atomic mass is 32.2. The Balaban J connectivity index is 1.80. The molecule has 1 saturated heterocycles. The Morgan fingerprint density at radius 3 is 2.42 bits per heavy atom. The largest absolute Gasteiger partial charge is 0.478 e. The van der Waals surface area contributed by atoms with E-state index in [0.29, 0.717) is 30.6 Å². The second kappa shape index (κ2) is 8.60. The van der Waals surface area contributed by atoms with Crippen LogP contribution in [0.15, 0.2) is 46.2 Å². The Hall–Kier alpha value is -2.66. The molecule has 11 heteroatoms. The lowest BCUT2D eigenvalue weighted by Crippen LogP contribution is -2.37. The fourth-order valence-corrected chi connectivity index (χ4v) is 6.12. The number of nitrogens with zero attached hydrogens (tertiary/aromatic N) is 1. The third-order valence-corrected chi connectivity index (χ3v) is 8.44. The molecule has 0 amide bonds. The molecule has 2 aromatic carbocycles. The minimum atomic E-state index is -4.27. The molecule has 2 aromatic rings. The summed E-state index contributed by atoms with van der Waals surface area (Å²) in [5, 5.41) is 9.35. The number of carbonyl (C=O) groups is 1. The van der Waals surface area contributed by atoms with Crippen LogP contribution in [0, 0.1) is 0 Å². The summed E-state index contributed by atoms with van der Waals surface area (Å²) in [5.74, 6) is -1.23. The highest BCUT2D eigenvalue weighted by Crippen LogP contribution is 2.44. The van der Waals surface area contributed by atoms with Gasteiger partial charge in [-0.1, -0.05) is 6.07 Å². The topological polar surface area (TPSA) is 121 Å². The molecule has 178 valence electrons. The Morgan fingerprint density at radius 2 is 1.82 bits per heavy atom. The average molecular weight is 497 g/mol. The number of anilines is 2. The maximum Gasteiger partial charge on any atom is 0.335 e. The second-order valence-electron chi connectivity index (χ2n) is 8.57. The number of sulfonamides is 1. The van der Waals surface area contributed by atoms with Gasteiger partial charge in [-0.2, -0.15) is 0 Å². The van der Waals surface area contributed by atoms with Crippen LogP contribution in [-0.2, 0) is 19.9 Å². The first-order valence-corrected chi connectivity index (χ1v) is 14.0. The number of aromatic carboxylic acids is 1. The van der Waals surface area contributed by atoms with Gasteiger partial charge in [0, 0.05) is 19.3 Å². The van der Waals surface area contributed by atoms with Crippen molar-refractivity contribution in [1.82, 2.24) is 0 Å². The molecule has 8 nitrogen and oxygen atoms in total. The minimum Gasteiger partial charge on any atom is -0.478 e. The highest BCUT2D eigenvalue weighted by molar-refractivity contribution is 7.92. The number of hydrogen-bond donors (Lipinski definition) is 2. The van der Waals surface area contributed by atoms with Crippen LogP contribution in [0.25, 0.3) is 0 Å². The number of piperidine rings is 1. The summed E-state index contributed by atoms with van der Waals surface area (Å²) in [5.41, 5.74) is 0.737. The molecule has 1 aliphatic carbocycles. The summed E-state index contributed by atoms with van der Waals surface area (Å²) in [4.78, 5) is 12.9. The molecule has 1 heterocycles. The van der Waals surface area contributed by atoms with E-state index < -0.39 is 32.0 Å². The van der Waals surface area contributed by atoms with Crippen LogP contribution >= 0.6 is 0 Å². The van der Waals surface area contributed by atoms with E-state index >= 15 is 0 Å². The summed E-state index contributed by atoms with van der Waals surface area (Å²) < 4.78 is 67.6. The predicted molar refractivity (Wildman–Crippen MR) is 122 cm³/mol. The lowest BCUT2D eigenvalue weighted by molar-refractivity contribution is 0.0696. The van der Waals surface area contributed by atoms with E-state index in [1.165, 1.54) is 30.3 Å². The first-order chi connectivity index (χ1) is 15.5. The Labute approximate surface area is 192 Å². The molecule has 1 saturated carbocycles. The minimum absolute atomic E-state index is 0.00880. The molecule has 33 heavy (non-hydrogen) atoms. The lowest BCUT2D eigenvalue weighted by atomic mass is 10.1. The van der Waals surface area contributed by atoms with Crippen LogP contribution < -0.4 is 9.62 Å². The monoisotopic (exact) mass is 496 g/mol. The van der Waals surface area contributed by atoms with E-state index in [1.807, 2.05) is 0 Å². The van der Waals surface area contributed by atoms with Gasteiger partial charge in [-0.3, -0.25) is 4.72 Å². The van der Waals surface area contributed by atoms with Crippen LogP contribution in [-0.4, -0.2) is 53.4 Å². The van der Waals surface area contributed by atoms with Gasteiger partial charge >= 0.3 is 5.97 Å². The summed E-state index contributed by atoms with van der Waals surface area (Å²) in [7, 11) is -7.91. The number of sulfone groups is 1. The molecule has 2 fully saturated rings. The normalized spacial score (nSPS) is 19.3. The molecule has 4 rings (SSSR count). The number of rotatable bonds is 7. The fraction of sp³-hybridized carbons (Fsp3) is 0.409. The van der Waals surface area contributed by atoms with Crippen LogP contribution in [0.1, 0.15) is 47.5 Å². The van der Waals surface area contributed by atoms with Crippen LogP contribution in [0.2, 0.25) is 0 Å². The molecule has 0 radical (unpaired) electrons. The molecule has 1 atom stereocenters. The highest BCUT2D eigenvalue weighted by Gasteiger charge is 2.32. The summed E-state index contributed by atoms with van der Waals surface area (Å²) in [6.07, 6.45) is 2.52. The Morgan fingerprint density at radius 1 is 1.09 bits per heavy atom. The predicted octanol–water partition coefficient (Wildman–Crippen LogP) is 3.40. The smallest absolute Gasteiger partial charge is 0.335 e. The lowest BCUT2D eigenvalue weighted by Gasteiger charge is -2.32. The molecule has 0 bridgehead atoms. The second-order valence-corrected chi connectivity index (χ2v) is 12.2. The maximum atomic E-state index is 14.1. The van der Waals surface area contributed by atoms with Gasteiger partial charge in [-0.25, -0.2) is 26.0 Å². The van der Waals surface area contributed by atoms with E-state index in [9.17, 15) is 31.1 Å². The third-order valence-electron chi connectivity index (χ3n) is 5.91. The van der Waals surface area contributed by atoms with Gasteiger partial charge in [-0.05, 0) is 67.5 Å². The number of halogens is 1. The van der Waals surface area contributed by atoms with Crippen molar-refractivity contribution in [2.75, 3.05) is 29.0 Å². The van der Waals surface area contributed by atoms with Gasteiger partial charge in [-0.15, -0.1) is 0 Å². The van der Waals surface area contributed by atoms with Gasteiger partial charge in [0.05, 0.1) is 26.7 Å². The van der Waals surface area contributed by atoms with Crippen LogP contribution in [0.4, 0.5) is 15.8 Å². The molecule has 1 aliphatic heterocycles. The zero-order valence-corrected chi connectivity index (χ0v) is 19.6. The summed E-state index contributed by atoms with van der Waals surface area (Å²) in [6.45, 7) is 0.559. The standard InChI is InChI=1S/C22H25FN2O6S2/c1-32(28,29)17-7-9-20(25-10-2-3-16(23)13-25)19(12-17)24-33(30,31)21-11-15(22(26)27)6-8-18(21)14-4-5-14/h6-9,11-12,14,16,24H,2-5,10,13H2,1H3,(H,26,27)/t16-/m1/s1. The van der Waals surface area contributed by atoms with Crippen molar-refractivity contribution in [1.29, 1.82) is 0 Å². The van der Waals surface area contributed by atoms with E-state index in [-0.39, 0.29) is 33.5 Å². The first kappa shape index (κ1) is 23.5. The fourth-order valence-electron chi connectivity index (χ4n) is 4.08. The SMILES string of the molecule is CS(=O)(=O)c1ccc(N2CCC[C@@H](F)C2)c(NS(=O)(=O)c2cc(C(=O)O)ccc2C2CC2)c1. The molecule has 0 spiro atoms.